The third-order valence-corrected chi connectivity index (χ3v) is 2.28. The Morgan fingerprint density at radius 1 is 1.53 bits per heavy atom. The Hall–Kier alpha value is -1.93. The van der Waals surface area contributed by atoms with Crippen molar-refractivity contribution in [3.8, 4) is 6.07 Å². The lowest BCUT2D eigenvalue weighted by molar-refractivity contribution is -0.118. The average Bonchev–Trinajstić information content (AvgIpc) is 2.28. The zero-order valence-corrected chi connectivity index (χ0v) is 9.37. The van der Waals surface area contributed by atoms with Crippen LogP contribution in [0.25, 0.3) is 0 Å². The summed E-state index contributed by atoms with van der Waals surface area (Å²) in [6.07, 6.45) is 0.952. The van der Waals surface area contributed by atoms with Crippen LogP contribution in [0.3, 0.4) is 0 Å². The Morgan fingerprint density at radius 2 is 2.29 bits per heavy atom. The third kappa shape index (κ3) is 4.62. The van der Waals surface area contributed by atoms with Crippen LogP contribution in [0.4, 0.5) is 4.39 Å². The molecule has 3 N–H and O–H groups in total. The zero-order chi connectivity index (χ0) is 12.7. The number of halogens is 1. The summed E-state index contributed by atoms with van der Waals surface area (Å²) in [6.45, 7) is 1.00. The smallest absolute Gasteiger partial charge is 0.217 e. The van der Waals surface area contributed by atoms with Crippen molar-refractivity contribution in [2.75, 3.05) is 6.54 Å². The van der Waals surface area contributed by atoms with Crippen molar-refractivity contribution in [3.05, 3.63) is 35.1 Å². The van der Waals surface area contributed by atoms with Crippen molar-refractivity contribution in [2.24, 2.45) is 5.73 Å². The number of nitrogens with one attached hydrogen (secondary N) is 1. The van der Waals surface area contributed by atoms with E-state index in [4.69, 9.17) is 11.0 Å². The molecule has 0 spiro atoms. The Kier molecular flexibility index (Phi) is 5.11. The minimum atomic E-state index is -0.363. The zero-order valence-electron chi connectivity index (χ0n) is 9.37. The lowest BCUT2D eigenvalue weighted by Crippen LogP contribution is -2.18. The molecule has 4 nitrogen and oxygen atoms in total. The average molecular weight is 235 g/mol. The maximum absolute atomic E-state index is 13.0. The molecule has 0 radical (unpaired) electrons. The van der Waals surface area contributed by atoms with Crippen LogP contribution >= 0.6 is 0 Å². The molecule has 90 valence electrons. The molecule has 0 aliphatic rings. The van der Waals surface area contributed by atoms with Gasteiger partial charge in [0.1, 0.15) is 5.82 Å². The van der Waals surface area contributed by atoms with E-state index in [1.807, 2.05) is 6.07 Å². The van der Waals surface area contributed by atoms with Crippen molar-refractivity contribution in [1.82, 2.24) is 5.32 Å². The highest BCUT2D eigenvalue weighted by atomic mass is 19.1. The number of carbonyl (C=O) groups is 1. The molecule has 0 saturated carbocycles. The first-order valence-electron chi connectivity index (χ1n) is 5.31. The third-order valence-electron chi connectivity index (χ3n) is 2.28. The van der Waals surface area contributed by atoms with Gasteiger partial charge in [-0.05, 0) is 36.7 Å². The number of carbonyl (C=O) groups excluding carboxylic acids is 1. The molecule has 0 aliphatic heterocycles. The van der Waals surface area contributed by atoms with Gasteiger partial charge >= 0.3 is 0 Å². The summed E-state index contributed by atoms with van der Waals surface area (Å²) in [4.78, 5) is 10.5. The molecule has 0 fully saturated rings. The van der Waals surface area contributed by atoms with Crippen LogP contribution < -0.4 is 11.1 Å². The minimum Gasteiger partial charge on any atom is -0.370 e. The van der Waals surface area contributed by atoms with Crippen molar-refractivity contribution >= 4 is 5.91 Å². The molecule has 0 heterocycles. The molecule has 17 heavy (non-hydrogen) atoms. The van der Waals surface area contributed by atoms with E-state index in [-0.39, 0.29) is 11.7 Å². The summed E-state index contributed by atoms with van der Waals surface area (Å²) in [7, 11) is 0. The summed E-state index contributed by atoms with van der Waals surface area (Å²) in [6, 6.07) is 6.05. The van der Waals surface area contributed by atoms with E-state index >= 15 is 0 Å². The normalized spacial score (nSPS) is 9.88. The molecule has 0 bridgehead atoms. The number of primary amides is 1. The second kappa shape index (κ2) is 6.61. The summed E-state index contributed by atoms with van der Waals surface area (Å²) in [5.74, 6) is -0.701. The molecule has 0 aromatic heterocycles. The van der Waals surface area contributed by atoms with Crippen molar-refractivity contribution < 1.29 is 9.18 Å². The van der Waals surface area contributed by atoms with Crippen LogP contribution in [0.5, 0.6) is 0 Å². The number of hydrogen-bond acceptors (Lipinski definition) is 3. The molecule has 5 heteroatoms. The van der Waals surface area contributed by atoms with Gasteiger partial charge in [-0.2, -0.15) is 5.26 Å². The van der Waals surface area contributed by atoms with Crippen molar-refractivity contribution in [2.45, 2.75) is 19.4 Å². The molecular formula is C12H14FN3O. The highest BCUT2D eigenvalue weighted by Crippen LogP contribution is 2.10. The number of rotatable bonds is 6. The van der Waals surface area contributed by atoms with E-state index in [0.717, 1.165) is 0 Å². The molecule has 0 unspecified atom stereocenters. The Morgan fingerprint density at radius 3 is 2.94 bits per heavy atom. The largest absolute Gasteiger partial charge is 0.370 e. The predicted molar refractivity (Wildman–Crippen MR) is 61.3 cm³/mol. The number of nitrogens with zero attached hydrogens (tertiary/aromatic N) is 1. The number of nitrogens with two attached hydrogens (primary N) is 1. The van der Waals surface area contributed by atoms with Gasteiger partial charge in [-0.1, -0.05) is 0 Å². The van der Waals surface area contributed by atoms with Crippen LogP contribution in [-0.4, -0.2) is 12.5 Å². The first-order chi connectivity index (χ1) is 8.13. The van der Waals surface area contributed by atoms with Gasteiger partial charge in [0.25, 0.3) is 0 Å². The van der Waals surface area contributed by atoms with Crippen LogP contribution in [0, 0.1) is 17.1 Å². The lowest BCUT2D eigenvalue weighted by atomic mass is 10.1. The van der Waals surface area contributed by atoms with E-state index in [9.17, 15) is 9.18 Å². The number of nitriles is 1. The molecule has 1 rings (SSSR count). The van der Waals surface area contributed by atoms with Crippen LogP contribution in [0.2, 0.25) is 0 Å². The fourth-order valence-corrected chi connectivity index (χ4v) is 1.43. The Bertz CT molecular complexity index is 440. The van der Waals surface area contributed by atoms with Gasteiger partial charge in [0, 0.05) is 13.0 Å². The van der Waals surface area contributed by atoms with E-state index < -0.39 is 0 Å². The van der Waals surface area contributed by atoms with Gasteiger partial charge < -0.3 is 11.1 Å². The monoisotopic (exact) mass is 235 g/mol. The fourth-order valence-electron chi connectivity index (χ4n) is 1.43. The van der Waals surface area contributed by atoms with Gasteiger partial charge in [-0.25, -0.2) is 4.39 Å². The van der Waals surface area contributed by atoms with E-state index in [1.165, 1.54) is 18.2 Å². The maximum atomic E-state index is 13.0. The van der Waals surface area contributed by atoms with Gasteiger partial charge in [0.2, 0.25) is 5.91 Å². The second-order valence-electron chi connectivity index (χ2n) is 3.66. The van der Waals surface area contributed by atoms with E-state index in [1.54, 1.807) is 0 Å². The number of hydrogen-bond donors (Lipinski definition) is 2. The standard InChI is InChI=1S/C12H14FN3O/c13-11-4-3-9(7-14)10(6-11)8-16-5-1-2-12(15)17/h3-4,6,16H,1-2,5,8H2,(H2,15,17). The maximum Gasteiger partial charge on any atom is 0.217 e. The fraction of sp³-hybridized carbons (Fsp3) is 0.333. The van der Waals surface area contributed by atoms with E-state index in [0.29, 0.717) is 37.1 Å². The summed E-state index contributed by atoms with van der Waals surface area (Å²) >= 11 is 0. The van der Waals surface area contributed by atoms with Crippen LogP contribution in [0.1, 0.15) is 24.0 Å². The summed E-state index contributed by atoms with van der Waals surface area (Å²) in [5, 5.41) is 11.9. The van der Waals surface area contributed by atoms with Crippen molar-refractivity contribution in [1.29, 1.82) is 5.26 Å². The summed E-state index contributed by atoms with van der Waals surface area (Å²) in [5.41, 5.74) is 6.06. The Labute approximate surface area is 99.2 Å². The molecule has 0 aliphatic carbocycles. The first-order valence-corrected chi connectivity index (χ1v) is 5.31. The minimum absolute atomic E-state index is 0.321. The SMILES string of the molecule is N#Cc1ccc(F)cc1CNCCCC(N)=O. The lowest BCUT2D eigenvalue weighted by Gasteiger charge is -2.06. The van der Waals surface area contributed by atoms with Crippen LogP contribution in [-0.2, 0) is 11.3 Å². The topological polar surface area (TPSA) is 78.9 Å². The van der Waals surface area contributed by atoms with Gasteiger partial charge in [-0.3, -0.25) is 4.79 Å². The van der Waals surface area contributed by atoms with Gasteiger partial charge in [0.05, 0.1) is 11.6 Å². The molecule has 0 atom stereocenters. The van der Waals surface area contributed by atoms with Crippen LogP contribution in [0.15, 0.2) is 18.2 Å². The van der Waals surface area contributed by atoms with Gasteiger partial charge in [-0.15, -0.1) is 0 Å². The second-order valence-corrected chi connectivity index (χ2v) is 3.66. The Balaban J connectivity index is 2.43. The molecule has 1 aromatic rings. The predicted octanol–water partition coefficient (Wildman–Crippen LogP) is 1.05. The number of benzene rings is 1. The first kappa shape index (κ1) is 13.1. The summed E-state index contributed by atoms with van der Waals surface area (Å²) < 4.78 is 13.0. The van der Waals surface area contributed by atoms with E-state index in [2.05, 4.69) is 5.32 Å². The molecule has 1 aromatic carbocycles. The molecule has 1 amide bonds. The molecule has 0 saturated heterocycles. The van der Waals surface area contributed by atoms with Gasteiger partial charge in [0.15, 0.2) is 0 Å². The quantitative estimate of drug-likeness (QED) is 0.723. The van der Waals surface area contributed by atoms with Crippen molar-refractivity contribution in [3.63, 3.8) is 0 Å². The molecular weight excluding hydrogens is 221 g/mol. The highest BCUT2D eigenvalue weighted by Gasteiger charge is 2.03. The number of amides is 1. The highest BCUT2D eigenvalue weighted by molar-refractivity contribution is 5.73.